The van der Waals surface area contributed by atoms with Gasteiger partial charge in [0.05, 0.1) is 25.2 Å². The van der Waals surface area contributed by atoms with Crippen molar-refractivity contribution >= 4 is 11.9 Å². The molecule has 67 heavy (non-hydrogen) atoms. The Hall–Kier alpha value is -2.70. The van der Waals surface area contributed by atoms with Crippen LogP contribution in [0.25, 0.3) is 0 Å². The van der Waals surface area contributed by atoms with Gasteiger partial charge in [0.25, 0.3) is 0 Å². The molecular formula is C61H109NO5. The lowest BCUT2D eigenvalue weighted by molar-refractivity contribution is -0.151. The standard InChI is InChI=1S/C61H109NO5/c1-4-7-10-13-16-19-22-25-28-30-32-34-37-40-43-46-49-52-57(67-61(66)54-51-48-45-42-39-36-33-31-29-26-23-20-17-14-11-8-5-2)55-60(65)62-58(56-63)59(64)53-50-47-44-41-38-35-27-24-21-18-15-12-9-6-3/h8,11,14,17,20,23,26,29,31,33,36,39,57-59,63-64H,4-7,9-10,12-13,15-16,18-19,21-22,24-25,27-28,30,32,34-35,37-38,40-56H2,1-3H3,(H,62,65)/b11-8-,17-14+,23-20+,29-26-,33-31+,39-36+. The van der Waals surface area contributed by atoms with Gasteiger partial charge in [0.15, 0.2) is 0 Å². The predicted octanol–water partition coefficient (Wildman–Crippen LogP) is 17.7. The summed E-state index contributed by atoms with van der Waals surface area (Å²) < 4.78 is 5.95. The summed E-state index contributed by atoms with van der Waals surface area (Å²) in [4.78, 5) is 26.3. The summed E-state index contributed by atoms with van der Waals surface area (Å²) in [5.74, 6) is -0.516. The summed E-state index contributed by atoms with van der Waals surface area (Å²) in [6, 6.07) is -0.713. The van der Waals surface area contributed by atoms with E-state index in [9.17, 15) is 19.8 Å². The normalized spacial score (nSPS) is 13.7. The van der Waals surface area contributed by atoms with Gasteiger partial charge < -0.3 is 20.3 Å². The van der Waals surface area contributed by atoms with Crippen molar-refractivity contribution in [3.8, 4) is 0 Å². The van der Waals surface area contributed by atoms with Crippen LogP contribution in [-0.4, -0.2) is 46.9 Å². The maximum atomic E-state index is 13.3. The fourth-order valence-corrected chi connectivity index (χ4v) is 8.64. The van der Waals surface area contributed by atoms with Gasteiger partial charge in [-0.15, -0.1) is 0 Å². The van der Waals surface area contributed by atoms with Crippen molar-refractivity contribution in [2.75, 3.05) is 6.61 Å². The second-order valence-corrected chi connectivity index (χ2v) is 19.5. The molecular weight excluding hydrogens is 827 g/mol. The average molecular weight is 937 g/mol. The summed E-state index contributed by atoms with van der Waals surface area (Å²) in [5, 5.41) is 23.9. The number of rotatable bonds is 51. The van der Waals surface area contributed by atoms with Crippen LogP contribution in [0.1, 0.15) is 278 Å². The largest absolute Gasteiger partial charge is 0.462 e. The third-order valence-electron chi connectivity index (χ3n) is 13.0. The van der Waals surface area contributed by atoms with E-state index >= 15 is 0 Å². The number of aliphatic hydroxyl groups excluding tert-OH is 2. The maximum absolute atomic E-state index is 13.3. The Labute approximate surface area is 415 Å². The highest BCUT2D eigenvalue weighted by molar-refractivity contribution is 5.77. The Bertz CT molecular complexity index is 1230. The van der Waals surface area contributed by atoms with Crippen LogP contribution in [0.2, 0.25) is 0 Å². The van der Waals surface area contributed by atoms with Crippen LogP contribution in [0.3, 0.4) is 0 Å². The molecule has 0 saturated heterocycles. The molecule has 0 saturated carbocycles. The quantitative estimate of drug-likeness (QED) is 0.0321. The van der Waals surface area contributed by atoms with Crippen LogP contribution >= 0.6 is 0 Å². The molecule has 0 heterocycles. The number of esters is 1. The van der Waals surface area contributed by atoms with Crippen LogP contribution in [0.5, 0.6) is 0 Å². The second-order valence-electron chi connectivity index (χ2n) is 19.5. The van der Waals surface area contributed by atoms with Crippen LogP contribution in [0.4, 0.5) is 0 Å². The zero-order chi connectivity index (χ0) is 48.8. The van der Waals surface area contributed by atoms with Crippen molar-refractivity contribution in [1.29, 1.82) is 0 Å². The minimum atomic E-state index is -0.798. The van der Waals surface area contributed by atoms with Crippen LogP contribution in [-0.2, 0) is 14.3 Å². The van der Waals surface area contributed by atoms with Crippen molar-refractivity contribution in [2.45, 2.75) is 296 Å². The van der Waals surface area contributed by atoms with Gasteiger partial charge in [-0.25, -0.2) is 0 Å². The minimum absolute atomic E-state index is 0.0597. The predicted molar refractivity (Wildman–Crippen MR) is 291 cm³/mol. The third-order valence-corrected chi connectivity index (χ3v) is 13.0. The molecule has 0 bridgehead atoms. The Morgan fingerprint density at radius 3 is 1.21 bits per heavy atom. The second kappa shape index (κ2) is 54.2. The molecule has 0 rings (SSSR count). The maximum Gasteiger partial charge on any atom is 0.306 e. The number of amides is 1. The number of allylic oxidation sites excluding steroid dienone is 12. The smallest absolute Gasteiger partial charge is 0.306 e. The van der Waals surface area contributed by atoms with Gasteiger partial charge in [-0.2, -0.15) is 0 Å². The molecule has 0 spiro atoms. The highest BCUT2D eigenvalue weighted by Crippen LogP contribution is 2.19. The molecule has 0 aromatic rings. The van der Waals surface area contributed by atoms with E-state index in [4.69, 9.17) is 4.74 Å². The molecule has 6 heteroatoms. The van der Waals surface area contributed by atoms with E-state index in [1.807, 2.05) is 48.6 Å². The van der Waals surface area contributed by atoms with Gasteiger partial charge >= 0.3 is 5.97 Å². The molecule has 388 valence electrons. The molecule has 0 fully saturated rings. The van der Waals surface area contributed by atoms with E-state index in [1.165, 1.54) is 161 Å². The van der Waals surface area contributed by atoms with E-state index in [2.05, 4.69) is 50.4 Å². The van der Waals surface area contributed by atoms with E-state index in [-0.39, 0.29) is 24.9 Å². The molecule has 0 aliphatic carbocycles. The number of carbonyl (C=O) groups excluding carboxylic acids is 2. The Morgan fingerprint density at radius 2 is 0.806 bits per heavy atom. The Morgan fingerprint density at radius 1 is 0.448 bits per heavy atom. The number of aliphatic hydroxyl groups is 2. The number of nitrogens with one attached hydrogen (secondary N) is 1. The molecule has 0 aliphatic heterocycles. The fourth-order valence-electron chi connectivity index (χ4n) is 8.64. The fraction of sp³-hybridized carbons (Fsp3) is 0.770. The van der Waals surface area contributed by atoms with Gasteiger partial charge in [0, 0.05) is 6.42 Å². The van der Waals surface area contributed by atoms with Gasteiger partial charge in [-0.3, -0.25) is 9.59 Å². The van der Waals surface area contributed by atoms with Crippen LogP contribution < -0.4 is 5.32 Å². The van der Waals surface area contributed by atoms with E-state index < -0.39 is 18.2 Å². The molecule has 3 atom stereocenters. The summed E-state index contributed by atoms with van der Waals surface area (Å²) in [6.07, 6.45) is 69.6. The molecule has 3 N–H and O–H groups in total. The van der Waals surface area contributed by atoms with E-state index in [1.54, 1.807) is 0 Å². The molecule has 6 nitrogen and oxygen atoms in total. The van der Waals surface area contributed by atoms with Crippen molar-refractivity contribution in [1.82, 2.24) is 5.32 Å². The first-order valence-corrected chi connectivity index (χ1v) is 28.7. The molecule has 0 radical (unpaired) electrons. The van der Waals surface area contributed by atoms with Crippen molar-refractivity contribution < 1.29 is 24.5 Å². The molecule has 1 amide bonds. The monoisotopic (exact) mass is 936 g/mol. The summed E-state index contributed by atoms with van der Waals surface area (Å²) in [5.41, 5.74) is 0. The zero-order valence-corrected chi connectivity index (χ0v) is 44.3. The molecule has 3 unspecified atom stereocenters. The molecule has 0 aromatic carbocycles. The highest BCUT2D eigenvalue weighted by atomic mass is 16.5. The Balaban J connectivity index is 4.64. The lowest BCUT2D eigenvalue weighted by Crippen LogP contribution is -2.46. The zero-order valence-electron chi connectivity index (χ0n) is 44.3. The van der Waals surface area contributed by atoms with Crippen LogP contribution in [0, 0.1) is 0 Å². The van der Waals surface area contributed by atoms with Gasteiger partial charge in [-0.05, 0) is 44.9 Å². The van der Waals surface area contributed by atoms with Crippen molar-refractivity contribution in [3.63, 3.8) is 0 Å². The lowest BCUT2D eigenvalue weighted by Gasteiger charge is -2.24. The topological polar surface area (TPSA) is 95.9 Å². The minimum Gasteiger partial charge on any atom is -0.462 e. The first-order chi connectivity index (χ1) is 33.0. The van der Waals surface area contributed by atoms with E-state index in [0.717, 1.165) is 70.6 Å². The first kappa shape index (κ1) is 64.3. The molecule has 0 aromatic heterocycles. The number of unbranched alkanes of at least 4 members (excludes halogenated alkanes) is 32. The molecule has 0 aliphatic rings. The van der Waals surface area contributed by atoms with Gasteiger partial charge in [-0.1, -0.05) is 293 Å². The van der Waals surface area contributed by atoms with Crippen molar-refractivity contribution in [3.05, 3.63) is 72.9 Å². The first-order valence-electron chi connectivity index (χ1n) is 28.7. The number of ether oxygens (including phenoxy) is 1. The van der Waals surface area contributed by atoms with E-state index in [0.29, 0.717) is 19.3 Å². The summed E-state index contributed by atoms with van der Waals surface area (Å²) in [6.45, 7) is 6.36. The number of hydrogen-bond acceptors (Lipinski definition) is 5. The van der Waals surface area contributed by atoms with Gasteiger partial charge in [0.2, 0.25) is 5.91 Å². The Kier molecular flexibility index (Phi) is 52.1. The van der Waals surface area contributed by atoms with Crippen molar-refractivity contribution in [2.24, 2.45) is 0 Å². The van der Waals surface area contributed by atoms with Crippen LogP contribution in [0.15, 0.2) is 72.9 Å². The average Bonchev–Trinajstić information content (AvgIpc) is 3.32. The number of hydrogen-bond donors (Lipinski definition) is 3. The highest BCUT2D eigenvalue weighted by Gasteiger charge is 2.24. The summed E-state index contributed by atoms with van der Waals surface area (Å²) in [7, 11) is 0. The van der Waals surface area contributed by atoms with Gasteiger partial charge in [0.1, 0.15) is 6.10 Å². The summed E-state index contributed by atoms with van der Waals surface area (Å²) >= 11 is 0. The lowest BCUT2D eigenvalue weighted by atomic mass is 10.0. The SMILES string of the molecule is CC\C=C/C=C/C=C/C=C\C=C\C=C\CCCCCC(=O)OC(CCCCCCCCCCCCCCCCCCC)CC(=O)NC(CO)C(O)CCCCCCCCCCCCCCCC. The number of carbonyl (C=O) groups is 2. The third kappa shape index (κ3) is 49.5.